The number of likely N-dealkylation sites (tertiary alicyclic amines) is 1. The highest BCUT2D eigenvalue weighted by Crippen LogP contribution is 2.23. The summed E-state index contributed by atoms with van der Waals surface area (Å²) in [5, 5.41) is 82.8. The summed E-state index contributed by atoms with van der Waals surface area (Å²) in [7, 11) is 0. The van der Waals surface area contributed by atoms with Gasteiger partial charge in [0.1, 0.15) is 60.4 Å². The third-order valence-electron chi connectivity index (χ3n) is 15.2. The fraction of sp³-hybridized carbons (Fsp3) is 0.623. The van der Waals surface area contributed by atoms with Gasteiger partial charge in [-0.25, -0.2) is 4.79 Å². The monoisotopic (exact) mass is 1440 g/mol. The molecule has 12 amide bonds. The number of nitrogens with two attached hydrogens (primary N) is 2. The predicted octanol–water partition coefficient (Wildman–Crippen LogP) is -4.14. The van der Waals surface area contributed by atoms with E-state index in [-0.39, 0.29) is 54.9 Å². The van der Waals surface area contributed by atoms with E-state index in [0.29, 0.717) is 17.5 Å². The normalized spacial score (nSPS) is 22.7. The largest absolute Gasteiger partial charge is 0.481 e. The lowest BCUT2D eigenvalue weighted by atomic mass is 10.0. The summed E-state index contributed by atoms with van der Waals surface area (Å²) in [5.74, 6) is -22.0. The highest BCUT2D eigenvalue weighted by Gasteiger charge is 2.41. The Bertz CT molecular complexity index is 3100. The first-order valence-electron chi connectivity index (χ1n) is 31.8. The number of benzene rings is 1. The van der Waals surface area contributed by atoms with Gasteiger partial charge in [-0.1, -0.05) is 52.0 Å². The van der Waals surface area contributed by atoms with Crippen molar-refractivity contribution in [2.24, 2.45) is 23.3 Å². The van der Waals surface area contributed by atoms with Crippen molar-refractivity contribution in [3.63, 3.8) is 0 Å². The number of aliphatic hydroxyl groups excluding tert-OH is 1. The standard InChI is InChI=1S/C61H91N13O23S2/c1-29(2)20-34(62)51(86)66-36(11-15-44(63)76)54(89)72-41-27-98-25-32-8-6-9-33(22-32)26-99-28-42(58(93)70-40(21-30(3)4)60(95)74-19-7-10-43(74)61(96)97)71-52(87)35(12-16-46(78)79)65-45(77)24-64-59(94)50(31(5)75)73-55(90)38(14-18-48(82)83)67-53(88)37(13-17-47(80)81)68-56(91)39(23-49(84)85)69-57(41)92/h6,8-9,22,29-31,34-43,50,75H,7,10-21,23-28,62H2,1-5H3,(H2,63,76)(H,64,94)(H,65,77)(H,66,86)(H,67,88)(H,68,91)(H,69,92)(H,70,93)(H,71,87)(H,72,89)(H,73,90)(H,78,79)(H,80,81)(H,82,83)(H,84,85)(H,96,97)/t31-,34+,35+,36+,37+,38+,39+,40+,41+,42+,43+,50+/m1/s1. The Hall–Kier alpha value is -9.17. The van der Waals surface area contributed by atoms with Crippen molar-refractivity contribution < 1.29 is 112 Å². The fourth-order valence-electron chi connectivity index (χ4n) is 10.2. The van der Waals surface area contributed by atoms with E-state index in [0.717, 1.165) is 35.3 Å². The molecule has 38 heteroatoms. The third kappa shape index (κ3) is 30.6. The summed E-state index contributed by atoms with van der Waals surface area (Å²) < 4.78 is 0. The first kappa shape index (κ1) is 84.1. The molecule has 12 atom stereocenters. The van der Waals surface area contributed by atoms with E-state index < -0.39 is 243 Å². The lowest BCUT2D eigenvalue weighted by Crippen LogP contribution is -2.61. The quantitative estimate of drug-likeness (QED) is 0.0398. The molecule has 1 aromatic rings. The van der Waals surface area contributed by atoms with Gasteiger partial charge in [-0.3, -0.25) is 76.7 Å². The van der Waals surface area contributed by atoms with Crippen LogP contribution in [0.25, 0.3) is 0 Å². The van der Waals surface area contributed by atoms with Crippen molar-refractivity contribution in [2.75, 3.05) is 24.6 Å². The topological polar surface area (TPSA) is 587 Å². The van der Waals surface area contributed by atoms with Crippen LogP contribution < -0.4 is 64.6 Å². The van der Waals surface area contributed by atoms with Crippen LogP contribution >= 0.6 is 23.5 Å². The Labute approximate surface area is 577 Å². The van der Waals surface area contributed by atoms with E-state index in [1.165, 1.54) is 0 Å². The Balaban J connectivity index is 2.26. The van der Waals surface area contributed by atoms with Crippen molar-refractivity contribution in [3.05, 3.63) is 35.4 Å². The maximum atomic E-state index is 14.5. The zero-order valence-electron chi connectivity index (χ0n) is 55.4. The molecule has 550 valence electrons. The molecule has 3 rings (SSSR count). The second kappa shape index (κ2) is 41.9. The number of rotatable bonds is 27. The molecule has 99 heavy (non-hydrogen) atoms. The predicted molar refractivity (Wildman–Crippen MR) is 351 cm³/mol. The van der Waals surface area contributed by atoms with Crippen LogP contribution in [-0.4, -0.2) is 233 Å². The number of aliphatic hydroxyl groups is 1. The number of carboxylic acid groups (broad SMARTS) is 5. The van der Waals surface area contributed by atoms with Gasteiger partial charge >= 0.3 is 29.8 Å². The molecule has 36 nitrogen and oxygen atoms in total. The van der Waals surface area contributed by atoms with Crippen LogP contribution in [0.4, 0.5) is 0 Å². The lowest BCUT2D eigenvalue weighted by molar-refractivity contribution is -0.149. The summed E-state index contributed by atoms with van der Waals surface area (Å²) in [6, 6.07) is -11.9. The first-order chi connectivity index (χ1) is 46.5. The lowest BCUT2D eigenvalue weighted by Gasteiger charge is -2.30. The van der Waals surface area contributed by atoms with Gasteiger partial charge in [0.2, 0.25) is 70.9 Å². The Morgan fingerprint density at radius 2 is 1.12 bits per heavy atom. The number of hydrogen-bond donors (Lipinski definition) is 18. The molecule has 0 spiro atoms. The van der Waals surface area contributed by atoms with Crippen LogP contribution in [0, 0.1) is 11.8 Å². The van der Waals surface area contributed by atoms with E-state index in [2.05, 4.69) is 53.2 Å². The van der Waals surface area contributed by atoms with Gasteiger partial charge < -0.3 is 100 Å². The molecule has 0 radical (unpaired) electrons. The highest BCUT2D eigenvalue weighted by molar-refractivity contribution is 7.98. The zero-order valence-corrected chi connectivity index (χ0v) is 57.0. The van der Waals surface area contributed by atoms with Crippen LogP contribution in [0.15, 0.2) is 24.3 Å². The number of amides is 12. The molecule has 2 heterocycles. The van der Waals surface area contributed by atoms with E-state index >= 15 is 0 Å². The molecule has 1 fully saturated rings. The minimum absolute atomic E-state index is 0.0106. The molecule has 2 aliphatic heterocycles. The molecular formula is C61H91N13O23S2. The molecule has 1 aromatic carbocycles. The van der Waals surface area contributed by atoms with Gasteiger partial charge in [-0.05, 0) is 81.3 Å². The number of aliphatic carboxylic acids is 5. The fourth-order valence-corrected chi connectivity index (χ4v) is 12.2. The number of fused-ring (bicyclic) bond motifs is 2. The van der Waals surface area contributed by atoms with Crippen molar-refractivity contribution in [2.45, 2.75) is 202 Å². The van der Waals surface area contributed by atoms with Gasteiger partial charge in [-0.15, -0.1) is 0 Å². The van der Waals surface area contributed by atoms with Crippen LogP contribution in [0.2, 0.25) is 0 Å². The first-order valence-corrected chi connectivity index (χ1v) is 34.1. The van der Waals surface area contributed by atoms with Gasteiger partial charge in [0.05, 0.1) is 25.1 Å². The van der Waals surface area contributed by atoms with Gasteiger partial charge in [0.25, 0.3) is 0 Å². The Morgan fingerprint density at radius 1 is 0.606 bits per heavy atom. The second-order valence-electron chi connectivity index (χ2n) is 24.6. The minimum Gasteiger partial charge on any atom is -0.481 e. The van der Waals surface area contributed by atoms with Crippen LogP contribution in [0.5, 0.6) is 0 Å². The molecule has 0 saturated carbocycles. The zero-order chi connectivity index (χ0) is 74.4. The van der Waals surface area contributed by atoms with E-state index in [1.807, 2.05) is 0 Å². The van der Waals surface area contributed by atoms with Crippen molar-refractivity contribution in [3.8, 4) is 0 Å². The van der Waals surface area contributed by atoms with Crippen molar-refractivity contribution in [1.29, 1.82) is 0 Å². The molecule has 20 N–H and O–H groups in total. The van der Waals surface area contributed by atoms with E-state index in [1.54, 1.807) is 52.0 Å². The number of nitrogens with zero attached hydrogens (tertiary/aromatic N) is 1. The summed E-state index contributed by atoms with van der Waals surface area (Å²) in [5.41, 5.74) is 12.7. The average molecular weight is 1440 g/mol. The summed E-state index contributed by atoms with van der Waals surface area (Å²) in [6.07, 6.45) is -8.06. The molecular weight excluding hydrogens is 1350 g/mol. The number of carbonyl (C=O) groups excluding carboxylic acids is 12. The summed E-state index contributed by atoms with van der Waals surface area (Å²) >= 11 is 2.07. The molecule has 0 aromatic heterocycles. The van der Waals surface area contributed by atoms with Crippen LogP contribution in [-0.2, 0) is 93.0 Å². The highest BCUT2D eigenvalue weighted by atomic mass is 32.2. The maximum absolute atomic E-state index is 14.5. The number of carbonyl (C=O) groups is 17. The Kier molecular flexibility index (Phi) is 35.6. The second-order valence-corrected chi connectivity index (χ2v) is 26.7. The third-order valence-corrected chi connectivity index (χ3v) is 17.4. The van der Waals surface area contributed by atoms with E-state index in [9.17, 15) is 112 Å². The molecule has 0 aliphatic carbocycles. The maximum Gasteiger partial charge on any atom is 0.326 e. The molecule has 2 bridgehead atoms. The van der Waals surface area contributed by atoms with Crippen molar-refractivity contribution >= 4 is 124 Å². The number of primary amides is 1. The SMILES string of the molecule is CC(C)C[C@H](NC(=O)[C@@H]1CSCc2cccc(c2)CSC[C@H](NC(=O)[C@H](CCC(N)=O)NC(=O)[C@@H](N)CC(C)C)C(=O)N[C@@H](CC(=O)O)C(=O)N[C@@H](CCC(=O)O)C(=O)N[C@@H](CCC(=O)O)C(=O)N[C@@H]([C@@H](C)O)C(=O)NCC(=O)N[C@@H](CCC(=O)O)C(=O)N1)C(=O)N1CCC[C@H]1C(=O)O. The minimum atomic E-state index is -2.16. The van der Waals surface area contributed by atoms with E-state index in [4.69, 9.17) is 11.5 Å². The summed E-state index contributed by atoms with van der Waals surface area (Å²) in [6.45, 7) is 7.05. The van der Waals surface area contributed by atoms with Gasteiger partial charge in [0, 0.05) is 55.2 Å². The van der Waals surface area contributed by atoms with Crippen molar-refractivity contribution in [1.82, 2.24) is 58.1 Å². The van der Waals surface area contributed by atoms with Crippen LogP contribution in [0.3, 0.4) is 0 Å². The number of thioether (sulfide) groups is 2. The van der Waals surface area contributed by atoms with Gasteiger partial charge in [0.15, 0.2) is 0 Å². The Morgan fingerprint density at radius 3 is 1.64 bits per heavy atom. The number of nitrogens with one attached hydrogen (secondary N) is 10. The van der Waals surface area contributed by atoms with Gasteiger partial charge in [-0.2, -0.15) is 23.5 Å². The summed E-state index contributed by atoms with van der Waals surface area (Å²) in [4.78, 5) is 228. The average Bonchev–Trinajstić information content (AvgIpc) is 1.79. The number of carboxylic acids is 5. The molecule has 2 aliphatic rings. The molecule has 1 saturated heterocycles. The smallest absolute Gasteiger partial charge is 0.326 e. The molecule has 0 unspecified atom stereocenters. The van der Waals surface area contributed by atoms with Crippen LogP contribution in [0.1, 0.15) is 129 Å². The number of hydrogen-bond acceptors (Lipinski definition) is 21.